The first kappa shape index (κ1) is 12.7. The average Bonchev–Trinajstić information content (AvgIpc) is 2.59. The molecule has 96 valence electrons. The third kappa shape index (κ3) is 2.57. The zero-order valence-corrected chi connectivity index (χ0v) is 10.8. The highest BCUT2D eigenvalue weighted by atomic mass is 35.5. The summed E-state index contributed by atoms with van der Waals surface area (Å²) >= 11 is 6.05. The van der Waals surface area contributed by atoms with Crippen LogP contribution in [0.15, 0.2) is 6.20 Å². The van der Waals surface area contributed by atoms with Crippen LogP contribution in [0.3, 0.4) is 0 Å². The van der Waals surface area contributed by atoms with E-state index in [0.29, 0.717) is 28.6 Å². The second-order valence-electron chi connectivity index (χ2n) is 4.07. The first-order valence-corrected chi connectivity index (χ1v) is 5.66. The number of hydrogen-bond acceptors (Lipinski definition) is 5. The number of halogens is 1. The van der Waals surface area contributed by atoms with Crippen molar-refractivity contribution in [2.24, 2.45) is 12.8 Å². The summed E-state index contributed by atoms with van der Waals surface area (Å²) in [6.07, 6.45) is 1.62. The average molecular weight is 269 g/mol. The van der Waals surface area contributed by atoms with Crippen molar-refractivity contribution in [2.75, 3.05) is 13.6 Å². The Morgan fingerprint density at radius 1 is 1.56 bits per heavy atom. The van der Waals surface area contributed by atoms with Crippen LogP contribution in [0.1, 0.15) is 5.82 Å². The highest BCUT2D eigenvalue weighted by Crippen LogP contribution is 2.19. The fourth-order valence-corrected chi connectivity index (χ4v) is 1.89. The van der Waals surface area contributed by atoms with Crippen molar-refractivity contribution in [2.45, 2.75) is 6.54 Å². The number of rotatable bonds is 4. The van der Waals surface area contributed by atoms with E-state index in [1.165, 1.54) is 0 Å². The first-order valence-electron chi connectivity index (χ1n) is 5.28. The molecule has 8 heteroatoms. The van der Waals surface area contributed by atoms with Crippen molar-refractivity contribution in [3.63, 3.8) is 0 Å². The fourth-order valence-electron chi connectivity index (χ4n) is 1.66. The molecule has 18 heavy (non-hydrogen) atoms. The molecule has 0 aromatic carbocycles. The summed E-state index contributed by atoms with van der Waals surface area (Å²) < 4.78 is 1.63. The predicted octanol–water partition coefficient (Wildman–Crippen LogP) is -0.0662. The number of fused-ring (bicyclic) bond motifs is 1. The zero-order valence-electron chi connectivity index (χ0n) is 10.1. The Hall–Kier alpha value is -1.73. The lowest BCUT2D eigenvalue weighted by Gasteiger charge is -2.13. The number of nitrogens with two attached hydrogens (primary N) is 1. The van der Waals surface area contributed by atoms with Gasteiger partial charge in [0.25, 0.3) is 0 Å². The van der Waals surface area contributed by atoms with Gasteiger partial charge in [0.2, 0.25) is 5.91 Å². The van der Waals surface area contributed by atoms with Gasteiger partial charge in [0.05, 0.1) is 24.7 Å². The number of primary amides is 1. The number of amides is 1. The summed E-state index contributed by atoms with van der Waals surface area (Å²) in [4.78, 5) is 21.0. The maximum Gasteiger partial charge on any atom is 0.231 e. The monoisotopic (exact) mass is 268 g/mol. The smallest absolute Gasteiger partial charge is 0.231 e. The molecule has 2 heterocycles. The second-order valence-corrected chi connectivity index (χ2v) is 4.43. The summed E-state index contributed by atoms with van der Waals surface area (Å²) in [7, 11) is 3.54. The van der Waals surface area contributed by atoms with Gasteiger partial charge in [-0.2, -0.15) is 5.10 Å². The lowest BCUT2D eigenvalue weighted by Crippen LogP contribution is -2.30. The standard InChI is InChI=1S/C10H13ClN6O/c1-16(4-7(12)18)5-8-14-9(11)6-3-13-17(2)10(6)15-8/h3H,4-5H2,1-2H3,(H2,12,18). The molecule has 0 aliphatic carbocycles. The lowest BCUT2D eigenvalue weighted by molar-refractivity contribution is -0.118. The van der Waals surface area contributed by atoms with Crippen molar-refractivity contribution >= 4 is 28.5 Å². The summed E-state index contributed by atoms with van der Waals surface area (Å²) in [5.74, 6) is 0.130. The molecule has 1 amide bonds. The summed E-state index contributed by atoms with van der Waals surface area (Å²) in [6, 6.07) is 0. The number of likely N-dealkylation sites (N-methyl/N-ethyl adjacent to an activating group) is 1. The van der Waals surface area contributed by atoms with Crippen LogP contribution in [-0.2, 0) is 18.4 Å². The zero-order chi connectivity index (χ0) is 13.3. The number of aromatic nitrogens is 4. The van der Waals surface area contributed by atoms with E-state index in [1.807, 2.05) is 0 Å². The molecule has 0 atom stereocenters. The SMILES string of the molecule is CN(CC(N)=O)Cc1nc(Cl)c2cnn(C)c2n1. The number of carbonyl (C=O) groups excluding carboxylic acids is 1. The Balaban J connectivity index is 2.28. The molecule has 0 aliphatic rings. The van der Waals surface area contributed by atoms with Gasteiger partial charge in [-0.15, -0.1) is 0 Å². The molecule has 2 N–H and O–H groups in total. The minimum atomic E-state index is -0.398. The van der Waals surface area contributed by atoms with Crippen LogP contribution >= 0.6 is 11.6 Å². The predicted molar refractivity (Wildman–Crippen MR) is 66.8 cm³/mol. The van der Waals surface area contributed by atoms with Crippen molar-refractivity contribution < 1.29 is 4.79 Å². The van der Waals surface area contributed by atoms with E-state index in [-0.39, 0.29) is 6.54 Å². The van der Waals surface area contributed by atoms with Crippen LogP contribution in [0.4, 0.5) is 0 Å². The van der Waals surface area contributed by atoms with Gasteiger partial charge < -0.3 is 5.73 Å². The van der Waals surface area contributed by atoms with Crippen LogP contribution in [-0.4, -0.2) is 44.1 Å². The molecule has 2 aromatic heterocycles. The third-order valence-electron chi connectivity index (χ3n) is 2.43. The largest absolute Gasteiger partial charge is 0.369 e. The molecule has 0 saturated carbocycles. The van der Waals surface area contributed by atoms with E-state index in [0.717, 1.165) is 0 Å². The van der Waals surface area contributed by atoms with E-state index < -0.39 is 5.91 Å². The molecule has 0 radical (unpaired) electrons. The van der Waals surface area contributed by atoms with Crippen LogP contribution in [0.5, 0.6) is 0 Å². The minimum absolute atomic E-state index is 0.143. The van der Waals surface area contributed by atoms with Crippen LogP contribution in [0, 0.1) is 0 Å². The molecule has 0 unspecified atom stereocenters. The van der Waals surface area contributed by atoms with E-state index >= 15 is 0 Å². The van der Waals surface area contributed by atoms with Crippen LogP contribution in [0.2, 0.25) is 5.15 Å². The molecule has 0 saturated heterocycles. The molecular weight excluding hydrogens is 256 g/mol. The van der Waals surface area contributed by atoms with Gasteiger partial charge in [0.15, 0.2) is 5.65 Å². The minimum Gasteiger partial charge on any atom is -0.369 e. The quantitative estimate of drug-likeness (QED) is 0.784. The number of aryl methyl sites for hydroxylation is 1. The maximum absolute atomic E-state index is 10.8. The highest BCUT2D eigenvalue weighted by Gasteiger charge is 2.12. The van der Waals surface area contributed by atoms with Gasteiger partial charge in [-0.05, 0) is 7.05 Å². The van der Waals surface area contributed by atoms with Gasteiger partial charge in [-0.25, -0.2) is 9.97 Å². The third-order valence-corrected chi connectivity index (χ3v) is 2.72. The van der Waals surface area contributed by atoms with Crippen molar-refractivity contribution in [1.82, 2.24) is 24.6 Å². The van der Waals surface area contributed by atoms with Crippen LogP contribution in [0.25, 0.3) is 11.0 Å². The Bertz CT molecular complexity index is 595. The molecule has 7 nitrogen and oxygen atoms in total. The Kier molecular flexibility index (Phi) is 3.44. The normalized spacial score (nSPS) is 11.3. The van der Waals surface area contributed by atoms with Crippen molar-refractivity contribution in [3.8, 4) is 0 Å². The molecular formula is C10H13ClN6O. The second kappa shape index (κ2) is 4.87. The van der Waals surface area contributed by atoms with E-state index in [2.05, 4.69) is 15.1 Å². The highest BCUT2D eigenvalue weighted by molar-refractivity contribution is 6.33. The van der Waals surface area contributed by atoms with E-state index in [4.69, 9.17) is 17.3 Å². The molecule has 0 aliphatic heterocycles. The van der Waals surface area contributed by atoms with Gasteiger partial charge >= 0.3 is 0 Å². The first-order chi connectivity index (χ1) is 8.47. The van der Waals surface area contributed by atoms with Gasteiger partial charge in [-0.3, -0.25) is 14.4 Å². The fraction of sp³-hybridized carbons (Fsp3) is 0.400. The maximum atomic E-state index is 10.8. The topological polar surface area (TPSA) is 89.9 Å². The van der Waals surface area contributed by atoms with Crippen molar-refractivity contribution in [3.05, 3.63) is 17.2 Å². The van der Waals surface area contributed by atoms with Crippen molar-refractivity contribution in [1.29, 1.82) is 0 Å². The number of hydrogen-bond donors (Lipinski definition) is 1. The number of carbonyl (C=O) groups is 1. The Morgan fingerprint density at radius 2 is 2.28 bits per heavy atom. The van der Waals surface area contributed by atoms with Crippen LogP contribution < -0.4 is 5.73 Å². The van der Waals surface area contributed by atoms with Gasteiger partial charge in [0, 0.05) is 7.05 Å². The lowest BCUT2D eigenvalue weighted by atomic mass is 10.4. The Labute approximate surface area is 109 Å². The molecule has 2 aromatic rings. The molecule has 0 spiro atoms. The van der Waals surface area contributed by atoms with E-state index in [1.54, 1.807) is 29.9 Å². The molecule has 0 bridgehead atoms. The van der Waals surface area contributed by atoms with Gasteiger partial charge in [0.1, 0.15) is 11.0 Å². The van der Waals surface area contributed by atoms with E-state index in [9.17, 15) is 4.79 Å². The van der Waals surface area contributed by atoms with Gasteiger partial charge in [-0.1, -0.05) is 11.6 Å². The molecule has 0 fully saturated rings. The summed E-state index contributed by atoms with van der Waals surface area (Å²) in [5, 5.41) is 5.13. The summed E-state index contributed by atoms with van der Waals surface area (Å²) in [5.41, 5.74) is 5.78. The Morgan fingerprint density at radius 3 is 2.94 bits per heavy atom. The number of nitrogens with zero attached hydrogens (tertiary/aromatic N) is 5. The molecule has 2 rings (SSSR count). The summed E-state index contributed by atoms with van der Waals surface area (Å²) in [6.45, 7) is 0.536.